The average Bonchev–Trinajstić information content (AvgIpc) is 3.45. The predicted octanol–water partition coefficient (Wildman–Crippen LogP) is 3.44. The Bertz CT molecular complexity index is 1050. The van der Waals surface area contributed by atoms with Gasteiger partial charge in [0.05, 0.1) is 16.9 Å². The molecule has 3 heterocycles. The molecule has 0 N–H and O–H groups in total. The lowest BCUT2D eigenvalue weighted by molar-refractivity contribution is 0.0663. The molecule has 0 fully saturated rings. The number of fused-ring (bicyclic) bond motifs is 1. The van der Waals surface area contributed by atoms with Crippen molar-refractivity contribution in [2.45, 2.75) is 13.1 Å². The number of amides is 2. The number of imide groups is 1. The molecule has 6 nitrogen and oxygen atoms in total. The minimum Gasteiger partial charge on any atom is -0.273 e. The maximum absolute atomic E-state index is 13.1. The molecule has 0 saturated carbocycles. The Hall–Kier alpha value is -2.33. The van der Waals surface area contributed by atoms with Crippen LogP contribution in [0.5, 0.6) is 0 Å². The van der Waals surface area contributed by atoms with Gasteiger partial charge in [0.2, 0.25) is 10.0 Å². The number of carbonyl (C=O) groups excluding carboxylic acids is 2. The second kappa shape index (κ2) is 8.19. The van der Waals surface area contributed by atoms with E-state index in [0.717, 1.165) is 14.7 Å². The molecule has 0 radical (unpaired) electrons. The fourth-order valence-corrected chi connectivity index (χ4v) is 6.13. The van der Waals surface area contributed by atoms with E-state index >= 15 is 0 Å². The zero-order valence-corrected chi connectivity index (χ0v) is 17.8. The Balaban J connectivity index is 1.51. The molecule has 2 amide bonds. The highest BCUT2D eigenvalue weighted by molar-refractivity contribution is 7.89. The molecule has 0 bridgehead atoms. The number of carbonyl (C=O) groups is 2. The van der Waals surface area contributed by atoms with Crippen molar-refractivity contribution >= 4 is 44.5 Å². The smallest absolute Gasteiger partial charge is 0.261 e. The molecule has 1 aliphatic rings. The lowest BCUT2D eigenvalue weighted by Crippen LogP contribution is -2.39. The van der Waals surface area contributed by atoms with Crippen LogP contribution >= 0.6 is 22.7 Å². The van der Waals surface area contributed by atoms with E-state index in [9.17, 15) is 18.0 Å². The standard InChI is InChI=1S/C20H18N2O4S3/c23-19-17-7-1-2-8-18(17)20(24)22(19)9-12-29(25,26)21(13-15-5-3-10-27-15)14-16-6-4-11-28-16/h1-8,10-11H,9,12-14H2. The highest BCUT2D eigenvalue weighted by Crippen LogP contribution is 2.24. The zero-order valence-electron chi connectivity index (χ0n) is 15.4. The third-order valence-electron chi connectivity index (χ3n) is 4.67. The molecular weight excluding hydrogens is 428 g/mol. The van der Waals surface area contributed by atoms with Crippen molar-refractivity contribution in [2.75, 3.05) is 12.3 Å². The summed E-state index contributed by atoms with van der Waals surface area (Å²) in [5.41, 5.74) is 0.646. The van der Waals surface area contributed by atoms with Crippen LogP contribution in [0, 0.1) is 0 Å². The van der Waals surface area contributed by atoms with E-state index in [-0.39, 0.29) is 25.4 Å². The summed E-state index contributed by atoms with van der Waals surface area (Å²) in [4.78, 5) is 27.9. The Morgan fingerprint density at radius 1 is 0.793 bits per heavy atom. The number of benzene rings is 1. The van der Waals surface area contributed by atoms with Crippen LogP contribution in [0.4, 0.5) is 0 Å². The molecular formula is C20H18N2O4S3. The van der Waals surface area contributed by atoms with Gasteiger partial charge in [0.1, 0.15) is 0 Å². The van der Waals surface area contributed by atoms with Crippen molar-refractivity contribution in [3.63, 3.8) is 0 Å². The van der Waals surface area contributed by atoms with Gasteiger partial charge in [-0.15, -0.1) is 22.7 Å². The molecule has 4 rings (SSSR count). The summed E-state index contributed by atoms with van der Waals surface area (Å²) in [5.74, 6) is -1.19. The van der Waals surface area contributed by atoms with Gasteiger partial charge in [-0.1, -0.05) is 24.3 Å². The second-order valence-corrected chi connectivity index (χ2v) is 10.7. The van der Waals surface area contributed by atoms with Crippen LogP contribution < -0.4 is 0 Å². The van der Waals surface area contributed by atoms with Crippen LogP contribution in [0.1, 0.15) is 30.5 Å². The predicted molar refractivity (Wildman–Crippen MR) is 113 cm³/mol. The number of sulfonamides is 1. The van der Waals surface area contributed by atoms with Crippen LogP contribution in [0.15, 0.2) is 59.3 Å². The summed E-state index contributed by atoms with van der Waals surface area (Å²) in [7, 11) is -3.70. The molecule has 2 aromatic heterocycles. The van der Waals surface area contributed by atoms with E-state index < -0.39 is 21.8 Å². The van der Waals surface area contributed by atoms with Gasteiger partial charge >= 0.3 is 0 Å². The van der Waals surface area contributed by atoms with Crippen molar-refractivity contribution in [3.05, 3.63) is 80.2 Å². The summed E-state index contributed by atoms with van der Waals surface area (Å²) in [6.45, 7) is 0.361. The molecule has 1 aromatic carbocycles. The van der Waals surface area contributed by atoms with Crippen LogP contribution in [0.2, 0.25) is 0 Å². The summed E-state index contributed by atoms with van der Waals surface area (Å²) in [6.07, 6.45) is 0. The lowest BCUT2D eigenvalue weighted by Gasteiger charge is -2.22. The molecule has 0 atom stereocenters. The SMILES string of the molecule is O=C1c2ccccc2C(=O)N1CCS(=O)(=O)N(Cc1cccs1)Cc1cccs1. The van der Waals surface area contributed by atoms with E-state index in [1.807, 2.05) is 35.0 Å². The van der Waals surface area contributed by atoms with Crippen molar-refractivity contribution < 1.29 is 18.0 Å². The molecule has 150 valence electrons. The number of thiophene rings is 2. The van der Waals surface area contributed by atoms with Crippen LogP contribution in [0.3, 0.4) is 0 Å². The largest absolute Gasteiger partial charge is 0.273 e. The van der Waals surface area contributed by atoms with Gasteiger partial charge in [0.15, 0.2) is 0 Å². The zero-order chi connectivity index (χ0) is 20.4. The molecule has 0 spiro atoms. The van der Waals surface area contributed by atoms with Gasteiger partial charge in [-0.05, 0) is 35.0 Å². The van der Waals surface area contributed by atoms with Gasteiger partial charge in [0, 0.05) is 29.4 Å². The second-order valence-electron chi connectivity index (χ2n) is 6.55. The van der Waals surface area contributed by atoms with Gasteiger partial charge in [0.25, 0.3) is 11.8 Å². The van der Waals surface area contributed by atoms with Crippen molar-refractivity contribution in [3.8, 4) is 0 Å². The molecule has 3 aromatic rings. The Morgan fingerprint density at radius 3 is 1.76 bits per heavy atom. The average molecular weight is 447 g/mol. The monoisotopic (exact) mass is 446 g/mol. The van der Waals surface area contributed by atoms with Gasteiger partial charge in [-0.25, -0.2) is 8.42 Å². The van der Waals surface area contributed by atoms with E-state index in [1.165, 1.54) is 27.0 Å². The molecule has 0 saturated heterocycles. The van der Waals surface area contributed by atoms with E-state index in [1.54, 1.807) is 24.3 Å². The van der Waals surface area contributed by atoms with Gasteiger partial charge < -0.3 is 0 Å². The lowest BCUT2D eigenvalue weighted by atomic mass is 10.1. The summed E-state index contributed by atoms with van der Waals surface area (Å²) < 4.78 is 27.6. The van der Waals surface area contributed by atoms with Gasteiger partial charge in [-0.2, -0.15) is 4.31 Å². The first kappa shape index (κ1) is 20.0. The summed E-state index contributed by atoms with van der Waals surface area (Å²) >= 11 is 2.99. The first-order valence-corrected chi connectivity index (χ1v) is 12.3. The van der Waals surface area contributed by atoms with Crippen molar-refractivity contribution in [1.82, 2.24) is 9.21 Å². The number of hydrogen-bond donors (Lipinski definition) is 0. The number of rotatable bonds is 8. The van der Waals surface area contributed by atoms with E-state index in [2.05, 4.69) is 0 Å². The quantitative estimate of drug-likeness (QED) is 0.497. The summed E-state index contributed by atoms with van der Waals surface area (Å²) in [6, 6.07) is 14.1. The van der Waals surface area contributed by atoms with Crippen LogP contribution in [-0.4, -0.2) is 41.7 Å². The third-order valence-corrected chi connectivity index (χ3v) is 8.13. The number of hydrogen-bond acceptors (Lipinski definition) is 6. The first-order valence-electron chi connectivity index (χ1n) is 8.93. The fourth-order valence-electron chi connectivity index (χ4n) is 3.18. The Morgan fingerprint density at radius 2 is 1.31 bits per heavy atom. The molecule has 0 aliphatic carbocycles. The van der Waals surface area contributed by atoms with E-state index in [0.29, 0.717) is 11.1 Å². The highest BCUT2D eigenvalue weighted by atomic mass is 32.2. The normalized spacial score (nSPS) is 14.0. The van der Waals surface area contributed by atoms with Crippen molar-refractivity contribution in [2.24, 2.45) is 0 Å². The van der Waals surface area contributed by atoms with Crippen LogP contribution in [0.25, 0.3) is 0 Å². The summed E-state index contributed by atoms with van der Waals surface area (Å²) in [5, 5.41) is 3.81. The molecule has 9 heteroatoms. The highest BCUT2D eigenvalue weighted by Gasteiger charge is 2.36. The minimum absolute atomic E-state index is 0.167. The maximum atomic E-state index is 13.1. The Kier molecular flexibility index (Phi) is 5.64. The topological polar surface area (TPSA) is 74.8 Å². The van der Waals surface area contributed by atoms with Crippen LogP contribution in [-0.2, 0) is 23.1 Å². The Labute approximate surface area is 177 Å². The maximum Gasteiger partial charge on any atom is 0.261 e. The van der Waals surface area contributed by atoms with Crippen molar-refractivity contribution in [1.29, 1.82) is 0 Å². The third kappa shape index (κ3) is 4.18. The number of nitrogens with zero attached hydrogens (tertiary/aromatic N) is 2. The molecule has 0 unspecified atom stereocenters. The minimum atomic E-state index is -3.70. The molecule has 1 aliphatic heterocycles. The molecule has 29 heavy (non-hydrogen) atoms. The van der Waals surface area contributed by atoms with Gasteiger partial charge in [-0.3, -0.25) is 14.5 Å². The first-order chi connectivity index (χ1) is 14.0. The fraction of sp³-hybridized carbons (Fsp3) is 0.200. The van der Waals surface area contributed by atoms with E-state index in [4.69, 9.17) is 0 Å².